The molecule has 1 aromatic heterocycles. The zero-order chi connectivity index (χ0) is 11.3. The van der Waals surface area contributed by atoms with Crippen LogP contribution in [-0.4, -0.2) is 35.8 Å². The van der Waals surface area contributed by atoms with E-state index in [1.165, 1.54) is 7.11 Å². The average Bonchev–Trinajstić information content (AvgIpc) is 2.25. The summed E-state index contributed by atoms with van der Waals surface area (Å²) in [6, 6.07) is 3.27. The van der Waals surface area contributed by atoms with E-state index >= 15 is 0 Å². The molecule has 0 fully saturated rings. The van der Waals surface area contributed by atoms with Gasteiger partial charge in [0.2, 0.25) is 0 Å². The fourth-order valence-corrected chi connectivity index (χ4v) is 1.07. The van der Waals surface area contributed by atoms with Crippen molar-refractivity contribution in [3.05, 3.63) is 23.9 Å². The molecule has 0 radical (unpaired) electrons. The summed E-state index contributed by atoms with van der Waals surface area (Å²) in [7, 11) is 1.31. The van der Waals surface area contributed by atoms with E-state index in [1.807, 2.05) is 0 Å². The number of nitrogens with zero attached hydrogens (tertiary/aromatic N) is 1. The SMILES string of the molecule is COC(=O)c1cccnc1NCC(C)O. The van der Waals surface area contributed by atoms with E-state index in [0.717, 1.165) is 0 Å². The standard InChI is InChI=1S/C10H14N2O3/c1-7(13)6-12-9-8(10(14)15-2)4-3-5-11-9/h3-5,7,13H,6H2,1-2H3,(H,11,12). The predicted molar refractivity (Wildman–Crippen MR) is 55.7 cm³/mol. The second-order valence-corrected chi connectivity index (χ2v) is 3.12. The molecule has 0 saturated heterocycles. The lowest BCUT2D eigenvalue weighted by molar-refractivity contribution is 0.0601. The molecular formula is C10H14N2O3. The Labute approximate surface area is 88.1 Å². The molecule has 1 aromatic rings. The molecule has 1 unspecified atom stereocenters. The molecule has 1 rings (SSSR count). The van der Waals surface area contributed by atoms with Gasteiger partial charge in [-0.1, -0.05) is 0 Å². The summed E-state index contributed by atoms with van der Waals surface area (Å²) in [6.07, 6.45) is 1.06. The number of methoxy groups -OCH3 is 1. The van der Waals surface area contributed by atoms with Crippen LogP contribution in [0.5, 0.6) is 0 Å². The van der Waals surface area contributed by atoms with E-state index in [2.05, 4.69) is 15.0 Å². The van der Waals surface area contributed by atoms with Crippen molar-refractivity contribution in [1.29, 1.82) is 0 Å². The Morgan fingerprint density at radius 2 is 2.47 bits per heavy atom. The number of rotatable bonds is 4. The van der Waals surface area contributed by atoms with Crippen LogP contribution in [0.1, 0.15) is 17.3 Å². The largest absolute Gasteiger partial charge is 0.465 e. The Morgan fingerprint density at radius 3 is 3.07 bits per heavy atom. The maximum Gasteiger partial charge on any atom is 0.341 e. The van der Waals surface area contributed by atoms with Crippen LogP contribution in [0.3, 0.4) is 0 Å². The second-order valence-electron chi connectivity index (χ2n) is 3.12. The van der Waals surface area contributed by atoms with Gasteiger partial charge in [-0.05, 0) is 19.1 Å². The molecule has 0 amide bonds. The van der Waals surface area contributed by atoms with Crippen LogP contribution in [0.15, 0.2) is 18.3 Å². The number of aromatic nitrogens is 1. The Balaban J connectivity index is 2.81. The van der Waals surface area contributed by atoms with Crippen molar-refractivity contribution in [3.8, 4) is 0 Å². The number of nitrogens with one attached hydrogen (secondary N) is 1. The van der Waals surface area contributed by atoms with Gasteiger partial charge >= 0.3 is 5.97 Å². The number of aliphatic hydroxyl groups excluding tert-OH is 1. The summed E-state index contributed by atoms with van der Waals surface area (Å²) in [5.74, 6) is -0.0264. The lowest BCUT2D eigenvalue weighted by atomic mass is 10.2. The minimum atomic E-state index is -0.502. The number of aliphatic hydroxyl groups is 1. The molecule has 5 heteroatoms. The zero-order valence-electron chi connectivity index (χ0n) is 8.73. The first kappa shape index (κ1) is 11.5. The van der Waals surface area contributed by atoms with E-state index in [9.17, 15) is 4.79 Å². The van der Waals surface area contributed by atoms with Crippen LogP contribution in [-0.2, 0) is 4.74 Å². The van der Waals surface area contributed by atoms with Crippen LogP contribution >= 0.6 is 0 Å². The molecule has 15 heavy (non-hydrogen) atoms. The van der Waals surface area contributed by atoms with E-state index in [1.54, 1.807) is 25.3 Å². The van der Waals surface area contributed by atoms with Crippen LogP contribution in [0, 0.1) is 0 Å². The molecule has 0 aliphatic heterocycles. The van der Waals surface area contributed by atoms with Gasteiger partial charge in [0.1, 0.15) is 11.4 Å². The third kappa shape index (κ3) is 3.21. The maximum absolute atomic E-state index is 11.3. The van der Waals surface area contributed by atoms with Crippen LogP contribution < -0.4 is 5.32 Å². The van der Waals surface area contributed by atoms with Gasteiger partial charge in [-0.3, -0.25) is 0 Å². The molecule has 5 nitrogen and oxygen atoms in total. The van der Waals surface area contributed by atoms with E-state index in [4.69, 9.17) is 5.11 Å². The minimum absolute atomic E-state index is 0.334. The van der Waals surface area contributed by atoms with Gasteiger partial charge in [0.05, 0.1) is 13.2 Å². The molecule has 0 aliphatic rings. The first-order chi connectivity index (χ1) is 7.15. The monoisotopic (exact) mass is 210 g/mol. The van der Waals surface area contributed by atoms with Crippen LogP contribution in [0.4, 0.5) is 5.82 Å². The van der Waals surface area contributed by atoms with Crippen molar-refractivity contribution < 1.29 is 14.6 Å². The van der Waals surface area contributed by atoms with E-state index in [-0.39, 0.29) is 0 Å². The van der Waals surface area contributed by atoms with Crippen LogP contribution in [0.25, 0.3) is 0 Å². The molecule has 0 bridgehead atoms. The Bertz CT molecular complexity index is 339. The second kappa shape index (κ2) is 5.31. The number of carbonyl (C=O) groups excluding carboxylic acids is 1. The van der Waals surface area contributed by atoms with Gasteiger partial charge in [0.15, 0.2) is 0 Å². The smallest absolute Gasteiger partial charge is 0.341 e. The summed E-state index contributed by atoms with van der Waals surface area (Å²) in [5, 5.41) is 12.0. The number of hydrogen-bond donors (Lipinski definition) is 2. The van der Waals surface area contributed by atoms with Gasteiger partial charge in [-0.2, -0.15) is 0 Å². The molecule has 1 heterocycles. The lowest BCUT2D eigenvalue weighted by Crippen LogP contribution is -2.18. The van der Waals surface area contributed by atoms with Crippen molar-refractivity contribution in [3.63, 3.8) is 0 Å². The number of carbonyl (C=O) groups is 1. The zero-order valence-corrected chi connectivity index (χ0v) is 8.73. The molecular weight excluding hydrogens is 196 g/mol. The molecule has 0 aliphatic carbocycles. The number of pyridine rings is 1. The Kier molecular flexibility index (Phi) is 4.05. The quantitative estimate of drug-likeness (QED) is 0.714. The highest BCUT2D eigenvalue weighted by molar-refractivity contribution is 5.94. The van der Waals surface area contributed by atoms with Gasteiger partial charge in [0.25, 0.3) is 0 Å². The molecule has 2 N–H and O–H groups in total. The lowest BCUT2D eigenvalue weighted by Gasteiger charge is -2.10. The number of anilines is 1. The summed E-state index contributed by atoms with van der Waals surface area (Å²) < 4.78 is 4.60. The summed E-state index contributed by atoms with van der Waals surface area (Å²) in [4.78, 5) is 15.3. The normalized spacial score (nSPS) is 11.9. The van der Waals surface area contributed by atoms with Gasteiger partial charge in [-0.25, -0.2) is 9.78 Å². The van der Waals surface area contributed by atoms with Gasteiger partial charge < -0.3 is 15.2 Å². The van der Waals surface area contributed by atoms with E-state index in [0.29, 0.717) is 17.9 Å². The van der Waals surface area contributed by atoms with Gasteiger partial charge in [-0.15, -0.1) is 0 Å². The first-order valence-electron chi connectivity index (χ1n) is 4.60. The molecule has 0 spiro atoms. The summed E-state index contributed by atoms with van der Waals surface area (Å²) in [5.41, 5.74) is 0.362. The molecule has 0 aromatic carbocycles. The van der Waals surface area contributed by atoms with Crippen molar-refractivity contribution in [2.75, 3.05) is 19.0 Å². The number of esters is 1. The Hall–Kier alpha value is -1.62. The fourth-order valence-electron chi connectivity index (χ4n) is 1.07. The summed E-state index contributed by atoms with van der Waals surface area (Å²) >= 11 is 0. The van der Waals surface area contributed by atoms with Gasteiger partial charge in [0, 0.05) is 12.7 Å². The average molecular weight is 210 g/mol. The first-order valence-corrected chi connectivity index (χ1v) is 4.60. The van der Waals surface area contributed by atoms with E-state index < -0.39 is 12.1 Å². The highest BCUT2D eigenvalue weighted by Gasteiger charge is 2.12. The molecule has 1 atom stereocenters. The van der Waals surface area contributed by atoms with Crippen molar-refractivity contribution in [2.24, 2.45) is 0 Å². The fraction of sp³-hybridized carbons (Fsp3) is 0.400. The maximum atomic E-state index is 11.3. The predicted octanol–water partition coefficient (Wildman–Crippen LogP) is 0.661. The topological polar surface area (TPSA) is 71.5 Å². The van der Waals surface area contributed by atoms with Crippen molar-refractivity contribution in [1.82, 2.24) is 4.98 Å². The highest BCUT2D eigenvalue weighted by Crippen LogP contribution is 2.12. The Morgan fingerprint density at radius 1 is 1.73 bits per heavy atom. The summed E-state index contributed by atoms with van der Waals surface area (Å²) in [6.45, 7) is 1.98. The molecule has 82 valence electrons. The van der Waals surface area contributed by atoms with Crippen molar-refractivity contribution in [2.45, 2.75) is 13.0 Å². The third-order valence-corrected chi connectivity index (χ3v) is 1.78. The number of ether oxygens (including phenoxy) is 1. The highest BCUT2D eigenvalue weighted by atomic mass is 16.5. The number of hydrogen-bond acceptors (Lipinski definition) is 5. The van der Waals surface area contributed by atoms with Crippen molar-refractivity contribution >= 4 is 11.8 Å². The third-order valence-electron chi connectivity index (χ3n) is 1.78. The minimum Gasteiger partial charge on any atom is -0.465 e. The van der Waals surface area contributed by atoms with Crippen LogP contribution in [0.2, 0.25) is 0 Å². The molecule has 0 saturated carbocycles.